The maximum Gasteiger partial charge on any atom is 0.280 e. The summed E-state index contributed by atoms with van der Waals surface area (Å²) in [5.41, 5.74) is 1.85. The fraction of sp³-hybridized carbons (Fsp3) is 0.0556. The summed E-state index contributed by atoms with van der Waals surface area (Å²) in [5.74, 6) is -0.628. The average molecular weight is 346 g/mol. The van der Waals surface area contributed by atoms with Gasteiger partial charge in [-0.05, 0) is 22.1 Å². The fourth-order valence-electron chi connectivity index (χ4n) is 2.75. The topological polar surface area (TPSA) is 106 Å². The maximum atomic E-state index is 12.7. The molecule has 0 aliphatic heterocycles. The Morgan fingerprint density at radius 2 is 1.81 bits per heavy atom. The molecule has 8 nitrogen and oxygen atoms in total. The molecule has 4 rings (SSSR count). The number of pyridine rings is 1. The first kappa shape index (κ1) is 15.7. The van der Waals surface area contributed by atoms with Crippen LogP contribution in [0.1, 0.15) is 10.5 Å². The number of nitrogens with zero attached hydrogens (tertiary/aromatic N) is 5. The second kappa shape index (κ2) is 6.25. The van der Waals surface area contributed by atoms with Crippen LogP contribution in [0.25, 0.3) is 22.0 Å². The van der Waals surface area contributed by atoms with Gasteiger partial charge in [0.05, 0.1) is 5.52 Å². The molecule has 2 aromatic heterocycles. The molecule has 0 bridgehead atoms. The Morgan fingerprint density at radius 1 is 1.08 bits per heavy atom. The van der Waals surface area contributed by atoms with E-state index < -0.39 is 5.91 Å². The van der Waals surface area contributed by atoms with Gasteiger partial charge in [0.15, 0.2) is 11.4 Å². The van der Waals surface area contributed by atoms with Crippen LogP contribution >= 0.6 is 0 Å². The number of fused-ring (bicyclic) bond motifs is 1. The first-order chi connectivity index (χ1) is 12.6. The quantitative estimate of drug-likeness (QED) is 0.590. The third-order valence-corrected chi connectivity index (χ3v) is 3.99. The highest BCUT2D eigenvalue weighted by atomic mass is 16.3. The van der Waals surface area contributed by atoms with Crippen LogP contribution in [0.2, 0.25) is 0 Å². The Balaban J connectivity index is 1.90. The van der Waals surface area contributed by atoms with Gasteiger partial charge in [0, 0.05) is 18.0 Å². The van der Waals surface area contributed by atoms with Crippen molar-refractivity contribution >= 4 is 22.8 Å². The molecule has 2 N–H and O–H groups in total. The van der Waals surface area contributed by atoms with E-state index in [9.17, 15) is 9.90 Å². The first-order valence-electron chi connectivity index (χ1n) is 7.86. The number of benzene rings is 2. The number of rotatable bonds is 3. The van der Waals surface area contributed by atoms with Crippen LogP contribution < -0.4 is 5.32 Å². The second-order valence-corrected chi connectivity index (χ2v) is 5.65. The minimum Gasteiger partial charge on any atom is -0.505 e. The van der Waals surface area contributed by atoms with E-state index in [1.807, 2.05) is 48.5 Å². The standard InChI is InChI=1S/C18H14N6O2/c1-24-18(21-22-23-24)20-17(26)15-16(25)14(11-7-3-2-4-8-11)12-9-5-6-10-13(12)19-15/h2-10,25H,1H3,(H,20,21,23,26). The largest absolute Gasteiger partial charge is 0.505 e. The van der Waals surface area contributed by atoms with Gasteiger partial charge in [-0.1, -0.05) is 53.6 Å². The van der Waals surface area contributed by atoms with Crippen molar-refractivity contribution in [2.45, 2.75) is 0 Å². The zero-order chi connectivity index (χ0) is 18.1. The van der Waals surface area contributed by atoms with Crippen molar-refractivity contribution in [2.75, 3.05) is 5.32 Å². The van der Waals surface area contributed by atoms with Gasteiger partial charge in [0.25, 0.3) is 5.91 Å². The minimum absolute atomic E-state index is 0.0921. The van der Waals surface area contributed by atoms with Crippen molar-refractivity contribution in [3.05, 3.63) is 60.3 Å². The molecule has 4 aromatic rings. The lowest BCUT2D eigenvalue weighted by Gasteiger charge is -2.13. The van der Waals surface area contributed by atoms with Crippen molar-refractivity contribution in [3.8, 4) is 16.9 Å². The van der Waals surface area contributed by atoms with Gasteiger partial charge >= 0.3 is 0 Å². The lowest BCUT2D eigenvalue weighted by molar-refractivity contribution is 0.101. The number of hydrogen-bond donors (Lipinski definition) is 2. The molecule has 0 saturated carbocycles. The number of hydrogen-bond acceptors (Lipinski definition) is 6. The number of carbonyl (C=O) groups is 1. The van der Waals surface area contributed by atoms with E-state index in [2.05, 4.69) is 25.8 Å². The Labute approximate surface area is 148 Å². The normalized spacial score (nSPS) is 10.8. The van der Waals surface area contributed by atoms with Crippen molar-refractivity contribution in [3.63, 3.8) is 0 Å². The molecule has 1 amide bonds. The molecule has 0 radical (unpaired) electrons. The minimum atomic E-state index is -0.594. The third-order valence-electron chi connectivity index (χ3n) is 3.99. The van der Waals surface area contributed by atoms with Gasteiger partial charge < -0.3 is 5.11 Å². The number of amides is 1. The van der Waals surface area contributed by atoms with E-state index in [4.69, 9.17) is 0 Å². The van der Waals surface area contributed by atoms with Crippen molar-refractivity contribution in [1.82, 2.24) is 25.2 Å². The van der Waals surface area contributed by atoms with E-state index in [1.165, 1.54) is 4.68 Å². The Bertz CT molecular complexity index is 1110. The summed E-state index contributed by atoms with van der Waals surface area (Å²) in [6.45, 7) is 0. The Morgan fingerprint density at radius 3 is 2.54 bits per heavy atom. The molecule has 2 aromatic carbocycles. The van der Waals surface area contributed by atoms with Crippen LogP contribution in [0.5, 0.6) is 5.75 Å². The molecule has 8 heteroatoms. The van der Waals surface area contributed by atoms with Gasteiger partial charge in [-0.25, -0.2) is 9.67 Å². The predicted octanol–water partition coefficient (Wildman–Crippen LogP) is 2.38. The average Bonchev–Trinajstić information content (AvgIpc) is 3.06. The first-order valence-corrected chi connectivity index (χ1v) is 7.86. The number of carbonyl (C=O) groups excluding carboxylic acids is 1. The third kappa shape index (κ3) is 2.63. The van der Waals surface area contributed by atoms with Gasteiger partial charge in [0.2, 0.25) is 5.95 Å². The molecule has 0 saturated heterocycles. The highest BCUT2D eigenvalue weighted by molar-refractivity contribution is 6.09. The number of aryl methyl sites for hydroxylation is 1. The van der Waals surface area contributed by atoms with E-state index in [0.717, 1.165) is 10.9 Å². The number of tetrazole rings is 1. The van der Waals surface area contributed by atoms with Crippen LogP contribution in [-0.4, -0.2) is 36.2 Å². The highest BCUT2D eigenvalue weighted by Gasteiger charge is 2.22. The summed E-state index contributed by atoms with van der Waals surface area (Å²) >= 11 is 0. The summed E-state index contributed by atoms with van der Waals surface area (Å²) in [4.78, 5) is 17.0. The van der Waals surface area contributed by atoms with Crippen LogP contribution in [0.15, 0.2) is 54.6 Å². The number of aromatic hydroxyl groups is 1. The number of anilines is 1. The zero-order valence-electron chi connectivity index (χ0n) is 13.8. The second-order valence-electron chi connectivity index (χ2n) is 5.65. The molecule has 0 atom stereocenters. The molecule has 0 spiro atoms. The number of nitrogens with one attached hydrogen (secondary N) is 1. The SMILES string of the molecule is Cn1nnnc1NC(=O)c1nc2ccccc2c(-c2ccccc2)c1O. The van der Waals surface area contributed by atoms with Crippen molar-refractivity contribution in [1.29, 1.82) is 0 Å². The predicted molar refractivity (Wildman–Crippen MR) is 95.6 cm³/mol. The lowest BCUT2D eigenvalue weighted by atomic mass is 9.98. The van der Waals surface area contributed by atoms with Gasteiger partial charge in [-0.2, -0.15) is 0 Å². The van der Waals surface area contributed by atoms with Crippen LogP contribution in [-0.2, 0) is 7.05 Å². The molecule has 0 aliphatic carbocycles. The zero-order valence-corrected chi connectivity index (χ0v) is 13.8. The van der Waals surface area contributed by atoms with E-state index in [0.29, 0.717) is 11.1 Å². The molecule has 128 valence electrons. The monoisotopic (exact) mass is 346 g/mol. The van der Waals surface area contributed by atoms with Crippen molar-refractivity contribution in [2.24, 2.45) is 7.05 Å². The molecule has 0 aliphatic rings. The smallest absolute Gasteiger partial charge is 0.280 e. The maximum absolute atomic E-state index is 12.7. The summed E-state index contributed by atoms with van der Waals surface area (Å²) < 4.78 is 1.31. The molecule has 0 fully saturated rings. The Kier molecular flexibility index (Phi) is 3.77. The van der Waals surface area contributed by atoms with Crippen LogP contribution in [0.3, 0.4) is 0 Å². The molecule has 2 heterocycles. The van der Waals surface area contributed by atoms with Crippen LogP contribution in [0.4, 0.5) is 5.95 Å². The molecule has 0 unspecified atom stereocenters. The van der Waals surface area contributed by atoms with Gasteiger partial charge in [-0.3, -0.25) is 10.1 Å². The van der Waals surface area contributed by atoms with Gasteiger partial charge in [-0.15, -0.1) is 0 Å². The summed E-state index contributed by atoms with van der Waals surface area (Å²) in [6.07, 6.45) is 0. The molecular formula is C18H14N6O2. The summed E-state index contributed by atoms with van der Waals surface area (Å²) in [6, 6.07) is 16.7. The molecule has 26 heavy (non-hydrogen) atoms. The van der Waals surface area contributed by atoms with Gasteiger partial charge in [0.1, 0.15) is 0 Å². The summed E-state index contributed by atoms with van der Waals surface area (Å²) in [5, 5.41) is 25.0. The number of para-hydroxylation sites is 1. The fourth-order valence-corrected chi connectivity index (χ4v) is 2.75. The number of aromatic nitrogens is 5. The van der Waals surface area contributed by atoms with E-state index in [1.54, 1.807) is 13.1 Å². The lowest BCUT2D eigenvalue weighted by Crippen LogP contribution is -2.17. The molecular weight excluding hydrogens is 332 g/mol. The summed E-state index contributed by atoms with van der Waals surface area (Å²) in [7, 11) is 1.60. The van der Waals surface area contributed by atoms with E-state index >= 15 is 0 Å². The van der Waals surface area contributed by atoms with Crippen LogP contribution in [0, 0.1) is 0 Å². The highest BCUT2D eigenvalue weighted by Crippen LogP contribution is 2.37. The van der Waals surface area contributed by atoms with E-state index in [-0.39, 0.29) is 17.4 Å². The Hall–Kier alpha value is -3.81. The van der Waals surface area contributed by atoms with Crippen molar-refractivity contribution < 1.29 is 9.90 Å².